The summed E-state index contributed by atoms with van der Waals surface area (Å²) in [5.74, 6) is 0.760. The predicted molar refractivity (Wildman–Crippen MR) is 77.7 cm³/mol. The standard InChI is InChI=1S/C16H23NO3/c1-11-10-14(12(2)18)6-7-15(11)20-13(3)16(19)17-8-4-5-9-17/h6-7,10,12-13,18H,4-5,8-9H2,1-3H3. The molecule has 110 valence electrons. The maximum Gasteiger partial charge on any atom is 0.263 e. The van der Waals surface area contributed by atoms with E-state index < -0.39 is 12.2 Å². The fourth-order valence-electron chi connectivity index (χ4n) is 2.50. The van der Waals surface area contributed by atoms with Crippen molar-refractivity contribution in [1.82, 2.24) is 4.90 Å². The summed E-state index contributed by atoms with van der Waals surface area (Å²) < 4.78 is 5.78. The summed E-state index contributed by atoms with van der Waals surface area (Å²) in [6.07, 6.45) is 1.21. The van der Waals surface area contributed by atoms with Gasteiger partial charge in [0.15, 0.2) is 6.10 Å². The molecule has 1 saturated heterocycles. The van der Waals surface area contributed by atoms with Crippen LogP contribution in [-0.4, -0.2) is 35.1 Å². The molecule has 1 aromatic carbocycles. The second-order valence-electron chi connectivity index (χ2n) is 5.49. The lowest BCUT2D eigenvalue weighted by Crippen LogP contribution is -2.38. The topological polar surface area (TPSA) is 49.8 Å². The number of aliphatic hydroxyl groups is 1. The molecule has 20 heavy (non-hydrogen) atoms. The van der Waals surface area contributed by atoms with E-state index in [9.17, 15) is 9.90 Å². The van der Waals surface area contributed by atoms with Crippen molar-refractivity contribution in [3.05, 3.63) is 29.3 Å². The molecule has 1 aromatic rings. The molecule has 0 aromatic heterocycles. The molecule has 1 aliphatic rings. The number of carbonyl (C=O) groups excluding carboxylic acids is 1. The fourth-order valence-corrected chi connectivity index (χ4v) is 2.50. The van der Waals surface area contributed by atoms with Crippen LogP contribution in [0.25, 0.3) is 0 Å². The molecule has 2 unspecified atom stereocenters. The van der Waals surface area contributed by atoms with E-state index in [1.165, 1.54) is 0 Å². The van der Waals surface area contributed by atoms with Crippen LogP contribution in [-0.2, 0) is 4.79 Å². The number of benzene rings is 1. The minimum atomic E-state index is -0.494. The van der Waals surface area contributed by atoms with Gasteiger partial charge in [0.1, 0.15) is 5.75 Å². The Morgan fingerprint density at radius 2 is 1.95 bits per heavy atom. The van der Waals surface area contributed by atoms with E-state index in [-0.39, 0.29) is 5.91 Å². The third kappa shape index (κ3) is 3.31. The van der Waals surface area contributed by atoms with Crippen LogP contribution in [0.3, 0.4) is 0 Å². The first-order chi connectivity index (χ1) is 9.49. The quantitative estimate of drug-likeness (QED) is 0.919. The normalized spacial score (nSPS) is 17.9. The molecule has 2 atom stereocenters. The lowest BCUT2D eigenvalue weighted by atomic mass is 10.1. The zero-order valence-electron chi connectivity index (χ0n) is 12.4. The number of nitrogens with zero attached hydrogens (tertiary/aromatic N) is 1. The van der Waals surface area contributed by atoms with E-state index in [2.05, 4.69) is 0 Å². The van der Waals surface area contributed by atoms with Crippen LogP contribution < -0.4 is 4.74 Å². The van der Waals surface area contributed by atoms with Gasteiger partial charge in [-0.2, -0.15) is 0 Å². The van der Waals surface area contributed by atoms with Crippen molar-refractivity contribution in [2.45, 2.75) is 45.8 Å². The third-order valence-electron chi connectivity index (χ3n) is 3.75. The maximum absolute atomic E-state index is 12.2. The number of hydrogen-bond donors (Lipinski definition) is 1. The molecule has 1 amide bonds. The highest BCUT2D eigenvalue weighted by Gasteiger charge is 2.24. The molecule has 0 saturated carbocycles. The molecule has 1 fully saturated rings. The minimum absolute atomic E-state index is 0.0569. The first-order valence-corrected chi connectivity index (χ1v) is 7.23. The number of carbonyl (C=O) groups is 1. The average molecular weight is 277 g/mol. The summed E-state index contributed by atoms with van der Waals surface area (Å²) in [6, 6.07) is 5.55. The second kappa shape index (κ2) is 6.27. The van der Waals surface area contributed by atoms with E-state index in [4.69, 9.17) is 4.74 Å². The van der Waals surface area contributed by atoms with Gasteiger partial charge < -0.3 is 14.7 Å². The van der Waals surface area contributed by atoms with Crippen molar-refractivity contribution in [3.63, 3.8) is 0 Å². The van der Waals surface area contributed by atoms with Gasteiger partial charge >= 0.3 is 0 Å². The van der Waals surface area contributed by atoms with E-state index in [1.807, 2.05) is 30.0 Å². The Bertz CT molecular complexity index is 479. The van der Waals surface area contributed by atoms with Crippen LogP contribution >= 0.6 is 0 Å². The number of aliphatic hydroxyl groups excluding tert-OH is 1. The van der Waals surface area contributed by atoms with Gasteiger partial charge in [0.05, 0.1) is 6.10 Å². The van der Waals surface area contributed by atoms with Crippen molar-refractivity contribution >= 4 is 5.91 Å². The predicted octanol–water partition coefficient (Wildman–Crippen LogP) is 2.44. The van der Waals surface area contributed by atoms with Crippen molar-refractivity contribution in [1.29, 1.82) is 0 Å². The molecule has 4 heteroatoms. The van der Waals surface area contributed by atoms with Crippen LogP contribution in [0, 0.1) is 6.92 Å². The van der Waals surface area contributed by atoms with Gasteiger partial charge in [-0.3, -0.25) is 4.79 Å². The second-order valence-corrected chi connectivity index (χ2v) is 5.49. The van der Waals surface area contributed by atoms with E-state index in [1.54, 1.807) is 13.8 Å². The van der Waals surface area contributed by atoms with Crippen molar-refractivity contribution < 1.29 is 14.6 Å². The molecule has 0 spiro atoms. The number of amides is 1. The van der Waals surface area contributed by atoms with E-state index in [0.717, 1.165) is 37.1 Å². The zero-order valence-corrected chi connectivity index (χ0v) is 12.4. The number of rotatable bonds is 4. The lowest BCUT2D eigenvalue weighted by Gasteiger charge is -2.22. The Balaban J connectivity index is 2.03. The first kappa shape index (κ1) is 14.9. The molecule has 2 rings (SSSR count). The molecular formula is C16H23NO3. The summed E-state index contributed by atoms with van der Waals surface area (Å²) >= 11 is 0. The lowest BCUT2D eigenvalue weighted by molar-refractivity contribution is -0.136. The Labute approximate surface area is 120 Å². The van der Waals surface area contributed by atoms with Crippen LogP contribution in [0.15, 0.2) is 18.2 Å². The summed E-state index contributed by atoms with van der Waals surface area (Å²) in [4.78, 5) is 14.1. The van der Waals surface area contributed by atoms with Gasteiger partial charge in [-0.15, -0.1) is 0 Å². The van der Waals surface area contributed by atoms with Crippen LogP contribution in [0.2, 0.25) is 0 Å². The molecule has 1 N–H and O–H groups in total. The maximum atomic E-state index is 12.2. The Hall–Kier alpha value is -1.55. The Morgan fingerprint density at radius 3 is 2.50 bits per heavy atom. The van der Waals surface area contributed by atoms with Gasteiger partial charge in [-0.25, -0.2) is 0 Å². The Kier molecular flexibility index (Phi) is 4.65. The summed E-state index contributed by atoms with van der Waals surface area (Å²) in [5.41, 5.74) is 1.79. The van der Waals surface area contributed by atoms with E-state index >= 15 is 0 Å². The van der Waals surface area contributed by atoms with Gasteiger partial charge in [0.2, 0.25) is 0 Å². The molecule has 1 aliphatic heterocycles. The number of likely N-dealkylation sites (tertiary alicyclic amines) is 1. The summed E-state index contributed by atoms with van der Waals surface area (Å²) in [5, 5.41) is 9.55. The number of ether oxygens (including phenoxy) is 1. The first-order valence-electron chi connectivity index (χ1n) is 7.23. The van der Waals surface area contributed by atoms with Crippen molar-refractivity contribution in [3.8, 4) is 5.75 Å². The highest BCUT2D eigenvalue weighted by Crippen LogP contribution is 2.24. The van der Waals surface area contributed by atoms with Crippen molar-refractivity contribution in [2.75, 3.05) is 13.1 Å². The molecule has 0 aliphatic carbocycles. The van der Waals surface area contributed by atoms with Crippen molar-refractivity contribution in [2.24, 2.45) is 0 Å². The van der Waals surface area contributed by atoms with E-state index in [0.29, 0.717) is 5.75 Å². The molecule has 1 heterocycles. The molecular weight excluding hydrogens is 254 g/mol. The van der Waals surface area contributed by atoms with Gasteiger partial charge in [0, 0.05) is 13.1 Å². The summed E-state index contributed by atoms with van der Waals surface area (Å²) in [7, 11) is 0. The summed E-state index contributed by atoms with van der Waals surface area (Å²) in [6.45, 7) is 7.13. The zero-order chi connectivity index (χ0) is 14.7. The van der Waals surface area contributed by atoms with Crippen LogP contribution in [0.5, 0.6) is 5.75 Å². The molecule has 0 bridgehead atoms. The van der Waals surface area contributed by atoms with Crippen LogP contribution in [0.4, 0.5) is 0 Å². The largest absolute Gasteiger partial charge is 0.481 e. The van der Waals surface area contributed by atoms with Gasteiger partial charge in [-0.1, -0.05) is 6.07 Å². The third-order valence-corrected chi connectivity index (χ3v) is 3.75. The minimum Gasteiger partial charge on any atom is -0.481 e. The van der Waals surface area contributed by atoms with Gasteiger partial charge in [0.25, 0.3) is 5.91 Å². The van der Waals surface area contributed by atoms with Gasteiger partial charge in [-0.05, 0) is 56.9 Å². The smallest absolute Gasteiger partial charge is 0.263 e. The number of hydrogen-bond acceptors (Lipinski definition) is 3. The fraction of sp³-hybridized carbons (Fsp3) is 0.562. The SMILES string of the molecule is Cc1cc(C(C)O)ccc1OC(C)C(=O)N1CCCC1. The molecule has 4 nitrogen and oxygen atoms in total. The van der Waals surface area contributed by atoms with Crippen LogP contribution in [0.1, 0.15) is 43.9 Å². The Morgan fingerprint density at radius 1 is 1.30 bits per heavy atom. The monoisotopic (exact) mass is 277 g/mol. The average Bonchev–Trinajstić information content (AvgIpc) is 2.93. The highest BCUT2D eigenvalue weighted by atomic mass is 16.5. The highest BCUT2D eigenvalue weighted by molar-refractivity contribution is 5.81. The molecule has 0 radical (unpaired) electrons. The number of aryl methyl sites for hydroxylation is 1.